The normalized spacial score (nSPS) is 20.1. The van der Waals surface area contributed by atoms with Crippen LogP contribution >= 0.6 is 23.1 Å². The van der Waals surface area contributed by atoms with Gasteiger partial charge in [-0.2, -0.15) is 11.8 Å². The SMILES string of the molecule is CN=C(NCCc1nccs1)NCC1CCCS1. The number of nitrogens with zero attached hydrogens (tertiary/aromatic N) is 2. The Kier molecular flexibility index (Phi) is 5.80. The van der Waals surface area contributed by atoms with Gasteiger partial charge in [0.2, 0.25) is 0 Å². The van der Waals surface area contributed by atoms with Gasteiger partial charge in [-0.05, 0) is 18.6 Å². The lowest BCUT2D eigenvalue weighted by atomic mass is 10.2. The number of aliphatic imine (C=N–C) groups is 1. The number of thiazole rings is 1. The Morgan fingerprint density at radius 1 is 1.56 bits per heavy atom. The van der Waals surface area contributed by atoms with Crippen molar-refractivity contribution in [3.63, 3.8) is 0 Å². The molecule has 0 aliphatic carbocycles. The highest BCUT2D eigenvalue weighted by molar-refractivity contribution is 8.00. The molecule has 0 amide bonds. The molecular weight excluding hydrogens is 264 g/mol. The highest BCUT2D eigenvalue weighted by Crippen LogP contribution is 2.25. The Hall–Kier alpha value is -0.750. The molecule has 4 nitrogen and oxygen atoms in total. The third-order valence-corrected chi connectivity index (χ3v) is 5.10. The Bertz CT molecular complexity index is 358. The highest BCUT2D eigenvalue weighted by Gasteiger charge is 2.15. The number of aromatic nitrogens is 1. The van der Waals surface area contributed by atoms with Gasteiger partial charge in [0, 0.05) is 43.4 Å². The Morgan fingerprint density at radius 2 is 2.50 bits per heavy atom. The molecule has 1 atom stereocenters. The van der Waals surface area contributed by atoms with E-state index in [2.05, 4.69) is 32.4 Å². The first kappa shape index (κ1) is 13.7. The van der Waals surface area contributed by atoms with Crippen molar-refractivity contribution in [3.8, 4) is 0 Å². The second-order valence-electron chi connectivity index (χ2n) is 4.19. The van der Waals surface area contributed by atoms with E-state index >= 15 is 0 Å². The van der Waals surface area contributed by atoms with Crippen molar-refractivity contribution in [2.45, 2.75) is 24.5 Å². The number of thioether (sulfide) groups is 1. The average Bonchev–Trinajstić information content (AvgIpc) is 3.06. The van der Waals surface area contributed by atoms with Crippen molar-refractivity contribution >= 4 is 29.1 Å². The summed E-state index contributed by atoms with van der Waals surface area (Å²) in [6.45, 7) is 1.90. The van der Waals surface area contributed by atoms with Crippen LogP contribution in [0.5, 0.6) is 0 Å². The standard InChI is InChI=1S/C12H20N4S2/c1-13-12(16-9-10-3-2-7-17-10)15-5-4-11-14-6-8-18-11/h6,8,10H,2-5,7,9H2,1H3,(H2,13,15,16). The van der Waals surface area contributed by atoms with Crippen LogP contribution in [0.4, 0.5) is 0 Å². The van der Waals surface area contributed by atoms with Gasteiger partial charge in [0.05, 0.1) is 5.01 Å². The maximum absolute atomic E-state index is 4.26. The van der Waals surface area contributed by atoms with Crippen molar-refractivity contribution in [2.24, 2.45) is 4.99 Å². The molecule has 1 aromatic rings. The Morgan fingerprint density at radius 3 is 3.17 bits per heavy atom. The van der Waals surface area contributed by atoms with E-state index in [1.165, 1.54) is 23.6 Å². The topological polar surface area (TPSA) is 49.3 Å². The summed E-state index contributed by atoms with van der Waals surface area (Å²) < 4.78 is 0. The molecule has 1 aliphatic rings. The molecule has 1 fully saturated rings. The van der Waals surface area contributed by atoms with Gasteiger partial charge >= 0.3 is 0 Å². The lowest BCUT2D eigenvalue weighted by Crippen LogP contribution is -2.40. The number of hydrogen-bond donors (Lipinski definition) is 2. The molecule has 2 heterocycles. The summed E-state index contributed by atoms with van der Waals surface area (Å²) in [4.78, 5) is 8.50. The zero-order valence-electron chi connectivity index (χ0n) is 10.7. The van der Waals surface area contributed by atoms with Crippen molar-refractivity contribution in [1.29, 1.82) is 0 Å². The molecule has 100 valence electrons. The molecule has 18 heavy (non-hydrogen) atoms. The monoisotopic (exact) mass is 284 g/mol. The van der Waals surface area contributed by atoms with Gasteiger partial charge in [-0.25, -0.2) is 4.98 Å². The predicted molar refractivity (Wildman–Crippen MR) is 80.7 cm³/mol. The van der Waals surface area contributed by atoms with Crippen LogP contribution in [0.2, 0.25) is 0 Å². The van der Waals surface area contributed by atoms with E-state index < -0.39 is 0 Å². The quantitative estimate of drug-likeness (QED) is 0.639. The third kappa shape index (κ3) is 4.49. The van der Waals surface area contributed by atoms with Crippen LogP contribution in [0.15, 0.2) is 16.6 Å². The fourth-order valence-electron chi connectivity index (χ4n) is 1.90. The number of nitrogens with one attached hydrogen (secondary N) is 2. The van der Waals surface area contributed by atoms with Crippen LogP contribution in [0.3, 0.4) is 0 Å². The third-order valence-electron chi connectivity index (χ3n) is 2.86. The largest absolute Gasteiger partial charge is 0.356 e. The molecule has 6 heteroatoms. The zero-order chi connectivity index (χ0) is 12.6. The summed E-state index contributed by atoms with van der Waals surface area (Å²) in [6.07, 6.45) is 5.49. The molecular formula is C12H20N4S2. The van der Waals surface area contributed by atoms with Crippen LogP contribution in [-0.2, 0) is 6.42 Å². The summed E-state index contributed by atoms with van der Waals surface area (Å²) in [7, 11) is 1.82. The van der Waals surface area contributed by atoms with Crippen LogP contribution < -0.4 is 10.6 Å². The summed E-state index contributed by atoms with van der Waals surface area (Å²) >= 11 is 3.76. The minimum absolute atomic E-state index is 0.752. The average molecular weight is 284 g/mol. The second kappa shape index (κ2) is 7.63. The van der Waals surface area contributed by atoms with E-state index in [0.717, 1.165) is 30.7 Å². The van der Waals surface area contributed by atoms with E-state index in [-0.39, 0.29) is 0 Å². The van der Waals surface area contributed by atoms with Crippen molar-refractivity contribution in [3.05, 3.63) is 16.6 Å². The van der Waals surface area contributed by atoms with Gasteiger partial charge in [-0.15, -0.1) is 11.3 Å². The van der Waals surface area contributed by atoms with Crippen LogP contribution in [0, 0.1) is 0 Å². The van der Waals surface area contributed by atoms with Gasteiger partial charge in [-0.3, -0.25) is 4.99 Å². The summed E-state index contributed by atoms with van der Waals surface area (Å²) in [6, 6.07) is 0. The van der Waals surface area contributed by atoms with Gasteiger partial charge in [0.1, 0.15) is 0 Å². The van der Waals surface area contributed by atoms with Crippen LogP contribution in [0.25, 0.3) is 0 Å². The fourth-order valence-corrected chi connectivity index (χ4v) is 3.72. The molecule has 0 saturated carbocycles. The van der Waals surface area contributed by atoms with Crippen molar-refractivity contribution < 1.29 is 0 Å². The second-order valence-corrected chi connectivity index (χ2v) is 6.58. The summed E-state index contributed by atoms with van der Waals surface area (Å²) in [5.74, 6) is 2.21. The first-order valence-electron chi connectivity index (χ1n) is 6.33. The first-order chi connectivity index (χ1) is 8.88. The van der Waals surface area contributed by atoms with Crippen molar-refractivity contribution in [2.75, 3.05) is 25.9 Å². The lowest BCUT2D eigenvalue weighted by molar-refractivity contribution is 0.724. The molecule has 0 aromatic carbocycles. The maximum Gasteiger partial charge on any atom is 0.191 e. The molecule has 1 aliphatic heterocycles. The molecule has 0 radical (unpaired) electrons. The van der Waals surface area contributed by atoms with Gasteiger partial charge in [-0.1, -0.05) is 0 Å². The fraction of sp³-hybridized carbons (Fsp3) is 0.667. The molecule has 1 saturated heterocycles. The number of hydrogen-bond acceptors (Lipinski definition) is 4. The molecule has 1 unspecified atom stereocenters. The molecule has 1 aromatic heterocycles. The molecule has 0 spiro atoms. The van der Waals surface area contributed by atoms with E-state index in [1.807, 2.05) is 18.6 Å². The van der Waals surface area contributed by atoms with E-state index in [1.54, 1.807) is 11.3 Å². The van der Waals surface area contributed by atoms with Gasteiger partial charge in [0.15, 0.2) is 5.96 Å². The highest BCUT2D eigenvalue weighted by atomic mass is 32.2. The van der Waals surface area contributed by atoms with Crippen LogP contribution in [0.1, 0.15) is 17.8 Å². The number of rotatable bonds is 5. The van der Waals surface area contributed by atoms with E-state index in [4.69, 9.17) is 0 Å². The van der Waals surface area contributed by atoms with E-state index in [9.17, 15) is 0 Å². The predicted octanol–water partition coefficient (Wildman–Crippen LogP) is 1.75. The Balaban J connectivity index is 1.62. The van der Waals surface area contributed by atoms with Gasteiger partial charge in [0.25, 0.3) is 0 Å². The molecule has 2 N–H and O–H groups in total. The zero-order valence-corrected chi connectivity index (χ0v) is 12.3. The summed E-state index contributed by atoms with van der Waals surface area (Å²) in [5, 5.41) is 10.7. The first-order valence-corrected chi connectivity index (χ1v) is 8.26. The molecule has 2 rings (SSSR count). The van der Waals surface area contributed by atoms with Crippen molar-refractivity contribution in [1.82, 2.24) is 15.6 Å². The Labute approximate surface area is 117 Å². The van der Waals surface area contributed by atoms with Gasteiger partial charge < -0.3 is 10.6 Å². The summed E-state index contributed by atoms with van der Waals surface area (Å²) in [5.41, 5.74) is 0. The molecule has 0 bridgehead atoms. The lowest BCUT2D eigenvalue weighted by Gasteiger charge is -2.14. The minimum Gasteiger partial charge on any atom is -0.356 e. The van der Waals surface area contributed by atoms with Crippen LogP contribution in [-0.4, -0.2) is 42.1 Å². The maximum atomic E-state index is 4.26. The smallest absolute Gasteiger partial charge is 0.191 e. The number of guanidine groups is 1. The van der Waals surface area contributed by atoms with E-state index in [0.29, 0.717) is 0 Å². The minimum atomic E-state index is 0.752.